The number of rotatable bonds is 2. The Bertz CT molecular complexity index is 1220. The van der Waals surface area contributed by atoms with Gasteiger partial charge < -0.3 is 9.23 Å². The number of imidazole rings is 1. The standard InChI is InChI=1S/C22H22BN4O/c1-15-13-19-18-11-8-12-24-22(18)28-21(19)23(3)27(15)20-14-26(16(2)25(20)4)17-9-6-5-7-10-17/h5-14H,1-4H3/q+1. The van der Waals surface area contributed by atoms with Gasteiger partial charge in [-0.05, 0) is 44.1 Å². The number of anilines is 1. The predicted octanol–water partition coefficient (Wildman–Crippen LogP) is 3.46. The second-order valence-electron chi connectivity index (χ2n) is 7.37. The van der Waals surface area contributed by atoms with Gasteiger partial charge in [-0.1, -0.05) is 18.2 Å². The second-order valence-corrected chi connectivity index (χ2v) is 7.37. The zero-order valence-corrected chi connectivity index (χ0v) is 16.5. The normalized spacial score (nSPS) is 13.8. The lowest BCUT2D eigenvalue weighted by molar-refractivity contribution is -0.664. The maximum atomic E-state index is 6.15. The summed E-state index contributed by atoms with van der Waals surface area (Å²) in [6.07, 6.45) is 6.18. The van der Waals surface area contributed by atoms with Gasteiger partial charge in [0.25, 0.3) is 0 Å². The van der Waals surface area contributed by atoms with Crippen LogP contribution in [0.5, 0.6) is 0 Å². The molecule has 0 amide bonds. The van der Waals surface area contributed by atoms with E-state index in [0.29, 0.717) is 5.71 Å². The van der Waals surface area contributed by atoms with E-state index in [9.17, 15) is 0 Å². The fraction of sp³-hybridized carbons (Fsp3) is 0.182. The van der Waals surface area contributed by atoms with E-state index < -0.39 is 0 Å². The highest BCUT2D eigenvalue weighted by Gasteiger charge is 2.40. The quantitative estimate of drug-likeness (QED) is 0.401. The first-order chi connectivity index (χ1) is 13.6. The Balaban J connectivity index is 1.65. The largest absolute Gasteiger partial charge is 0.448 e. The van der Waals surface area contributed by atoms with Crippen LogP contribution in [0.1, 0.15) is 18.3 Å². The Kier molecular flexibility index (Phi) is 3.69. The van der Waals surface area contributed by atoms with Crippen LogP contribution in [-0.2, 0) is 7.05 Å². The van der Waals surface area contributed by atoms with E-state index in [0.717, 1.165) is 28.1 Å². The third kappa shape index (κ3) is 2.34. The van der Waals surface area contributed by atoms with E-state index in [1.807, 2.05) is 12.1 Å². The molecular weight excluding hydrogens is 347 g/mol. The molecule has 1 aromatic carbocycles. The van der Waals surface area contributed by atoms with Gasteiger partial charge in [0.05, 0.1) is 12.7 Å². The molecule has 0 radical (unpaired) electrons. The highest BCUT2D eigenvalue weighted by Crippen LogP contribution is 2.29. The van der Waals surface area contributed by atoms with Crippen molar-refractivity contribution in [1.29, 1.82) is 0 Å². The Morgan fingerprint density at radius 1 is 1.07 bits per heavy atom. The van der Waals surface area contributed by atoms with Crippen LogP contribution in [0.4, 0.5) is 5.82 Å². The van der Waals surface area contributed by atoms with Gasteiger partial charge in [-0.25, -0.2) is 14.1 Å². The fourth-order valence-corrected chi connectivity index (χ4v) is 4.21. The van der Waals surface area contributed by atoms with Gasteiger partial charge in [0, 0.05) is 24.1 Å². The van der Waals surface area contributed by atoms with E-state index in [1.54, 1.807) is 6.20 Å². The highest BCUT2D eigenvalue weighted by molar-refractivity contribution is 6.76. The van der Waals surface area contributed by atoms with Crippen molar-refractivity contribution < 1.29 is 8.98 Å². The van der Waals surface area contributed by atoms with Crippen LogP contribution in [0, 0.1) is 6.92 Å². The zero-order valence-electron chi connectivity index (χ0n) is 16.5. The van der Waals surface area contributed by atoms with E-state index in [2.05, 4.69) is 89.3 Å². The summed E-state index contributed by atoms with van der Waals surface area (Å²) in [6, 6.07) is 14.5. The maximum absolute atomic E-state index is 6.15. The minimum atomic E-state index is 0.0754. The van der Waals surface area contributed by atoms with Crippen molar-refractivity contribution in [2.75, 3.05) is 4.81 Å². The first-order valence-corrected chi connectivity index (χ1v) is 9.54. The van der Waals surface area contributed by atoms with Crippen LogP contribution < -0.4 is 15.0 Å². The molecule has 5 rings (SSSR count). The topological polar surface area (TPSA) is 38.1 Å². The number of nitrogens with zero attached hydrogens (tertiary/aromatic N) is 4. The number of furan rings is 1. The number of pyridine rings is 1. The Morgan fingerprint density at radius 2 is 1.86 bits per heavy atom. The molecule has 0 bridgehead atoms. The van der Waals surface area contributed by atoms with Crippen LogP contribution in [-0.4, -0.2) is 16.4 Å². The number of para-hydroxylation sites is 1. The highest BCUT2D eigenvalue weighted by atomic mass is 16.3. The molecule has 138 valence electrons. The first kappa shape index (κ1) is 16.9. The fourth-order valence-electron chi connectivity index (χ4n) is 4.21. The van der Waals surface area contributed by atoms with Crippen molar-refractivity contribution in [2.24, 2.45) is 7.05 Å². The minimum absolute atomic E-state index is 0.0754. The smallest absolute Gasteiger partial charge is 0.409 e. The molecular formula is C22H22BN4O+. The first-order valence-electron chi connectivity index (χ1n) is 9.54. The molecule has 3 aromatic heterocycles. The van der Waals surface area contributed by atoms with Crippen molar-refractivity contribution in [3.05, 3.63) is 71.9 Å². The molecule has 0 unspecified atom stereocenters. The van der Waals surface area contributed by atoms with Crippen LogP contribution in [0.2, 0.25) is 6.82 Å². The number of hydrogen-bond acceptors (Lipinski definition) is 3. The lowest BCUT2D eigenvalue weighted by Crippen LogP contribution is -2.52. The summed E-state index contributed by atoms with van der Waals surface area (Å²) in [7, 11) is 2.11. The molecule has 0 N–H and O–H groups in total. The van der Waals surface area contributed by atoms with Crippen molar-refractivity contribution in [3.63, 3.8) is 0 Å². The summed E-state index contributed by atoms with van der Waals surface area (Å²) in [6.45, 7) is 6.56. The second kappa shape index (κ2) is 6.13. The van der Waals surface area contributed by atoms with Crippen LogP contribution in [0.25, 0.3) is 22.9 Å². The summed E-state index contributed by atoms with van der Waals surface area (Å²) in [5.41, 5.74) is 5.15. The SMILES string of the molecule is CB1c2oc3ncccc3c2C=C(C)N1c1cn(-c2ccccc2)c(C)[n+]1C. The molecule has 0 aliphatic carbocycles. The van der Waals surface area contributed by atoms with E-state index in [4.69, 9.17) is 4.42 Å². The number of aromatic nitrogens is 3. The Hall–Kier alpha value is -3.28. The van der Waals surface area contributed by atoms with Crippen molar-refractivity contribution >= 4 is 35.5 Å². The Labute approximate surface area is 164 Å². The molecule has 1 aliphatic rings. The molecule has 0 saturated carbocycles. The van der Waals surface area contributed by atoms with Crippen molar-refractivity contribution in [1.82, 2.24) is 9.55 Å². The van der Waals surface area contributed by atoms with Gasteiger partial charge >= 0.3 is 6.85 Å². The van der Waals surface area contributed by atoms with Gasteiger partial charge in [-0.3, -0.25) is 0 Å². The average molecular weight is 369 g/mol. The lowest BCUT2D eigenvalue weighted by atomic mass is 9.57. The molecule has 0 fully saturated rings. The molecule has 28 heavy (non-hydrogen) atoms. The van der Waals surface area contributed by atoms with Crippen LogP contribution in [0.15, 0.2) is 65.0 Å². The summed E-state index contributed by atoms with van der Waals surface area (Å²) < 4.78 is 10.6. The van der Waals surface area contributed by atoms with Gasteiger partial charge in [0.1, 0.15) is 17.5 Å². The lowest BCUT2D eigenvalue weighted by Gasteiger charge is -2.26. The molecule has 0 spiro atoms. The summed E-state index contributed by atoms with van der Waals surface area (Å²) >= 11 is 0. The van der Waals surface area contributed by atoms with Gasteiger partial charge in [0.15, 0.2) is 0 Å². The number of fused-ring (bicyclic) bond motifs is 3. The van der Waals surface area contributed by atoms with Gasteiger partial charge in [-0.15, -0.1) is 0 Å². The van der Waals surface area contributed by atoms with Crippen molar-refractivity contribution in [2.45, 2.75) is 20.7 Å². The zero-order chi connectivity index (χ0) is 19.4. The third-order valence-corrected chi connectivity index (χ3v) is 5.74. The summed E-state index contributed by atoms with van der Waals surface area (Å²) in [5.74, 6) is 2.29. The van der Waals surface area contributed by atoms with Crippen LogP contribution >= 0.6 is 0 Å². The number of hydrogen-bond donors (Lipinski definition) is 0. The molecule has 0 atom stereocenters. The molecule has 1 aliphatic heterocycles. The predicted molar refractivity (Wildman–Crippen MR) is 113 cm³/mol. The molecule has 6 heteroatoms. The van der Waals surface area contributed by atoms with E-state index in [-0.39, 0.29) is 6.85 Å². The molecule has 5 nitrogen and oxygen atoms in total. The van der Waals surface area contributed by atoms with E-state index in [1.165, 1.54) is 11.5 Å². The number of allylic oxidation sites excluding steroid dienone is 1. The van der Waals surface area contributed by atoms with Gasteiger partial charge in [0.2, 0.25) is 17.4 Å². The van der Waals surface area contributed by atoms with Gasteiger partial charge in [-0.2, -0.15) is 0 Å². The molecule has 4 heterocycles. The molecule has 4 aromatic rings. The molecule has 0 saturated heterocycles. The summed E-state index contributed by atoms with van der Waals surface area (Å²) in [5, 5.41) is 1.07. The summed E-state index contributed by atoms with van der Waals surface area (Å²) in [4.78, 5) is 6.73. The monoisotopic (exact) mass is 369 g/mol. The number of benzene rings is 1. The average Bonchev–Trinajstić information content (AvgIpc) is 3.22. The van der Waals surface area contributed by atoms with Crippen LogP contribution in [0.3, 0.4) is 0 Å². The minimum Gasteiger partial charge on any atom is -0.448 e. The maximum Gasteiger partial charge on any atom is 0.409 e. The third-order valence-electron chi connectivity index (χ3n) is 5.74. The van der Waals surface area contributed by atoms with E-state index >= 15 is 0 Å². The van der Waals surface area contributed by atoms with Crippen molar-refractivity contribution in [3.8, 4) is 5.69 Å². The Morgan fingerprint density at radius 3 is 2.64 bits per heavy atom.